The number of ether oxygens (including phenoxy) is 1. The summed E-state index contributed by atoms with van der Waals surface area (Å²) in [5.74, 6) is -0.844. The van der Waals surface area contributed by atoms with Gasteiger partial charge in [0.1, 0.15) is 0 Å². The van der Waals surface area contributed by atoms with Gasteiger partial charge in [-0.25, -0.2) is 0 Å². The molecular formula is C16H18KNO4. The van der Waals surface area contributed by atoms with Gasteiger partial charge in [-0.05, 0) is 18.9 Å². The van der Waals surface area contributed by atoms with E-state index in [2.05, 4.69) is 0 Å². The van der Waals surface area contributed by atoms with Crippen LogP contribution in [-0.4, -0.2) is 17.1 Å². The summed E-state index contributed by atoms with van der Waals surface area (Å²) < 4.78 is 6.34. The maximum atomic E-state index is 12.5. The number of hydrogen-bond acceptors (Lipinski definition) is 4. The number of nitrogens with zero attached hydrogens (tertiary/aromatic N) is 1. The van der Waals surface area contributed by atoms with Crippen molar-refractivity contribution in [2.24, 2.45) is 0 Å². The van der Waals surface area contributed by atoms with Crippen LogP contribution in [0.1, 0.15) is 37.0 Å². The second-order valence-corrected chi connectivity index (χ2v) is 4.75. The van der Waals surface area contributed by atoms with Crippen molar-refractivity contribution in [2.45, 2.75) is 33.2 Å². The standard InChI is InChI=1S/C16H18NO4.K/c1-3-5-10-17-12-9-7-6-8-11(12)14(18)13(15(17)19)16(20)21-4-2;/h6-9H,3-5,10H2,1-2H3;/q-1;+1. The summed E-state index contributed by atoms with van der Waals surface area (Å²) in [6.45, 7) is 4.25. The van der Waals surface area contributed by atoms with Gasteiger partial charge in [-0.1, -0.05) is 31.5 Å². The van der Waals surface area contributed by atoms with Crippen LogP contribution in [0.15, 0.2) is 33.9 Å². The number of carbonyl (C=O) groups is 1. The van der Waals surface area contributed by atoms with Crippen molar-refractivity contribution >= 4 is 16.9 Å². The Hall–Kier alpha value is -0.664. The first-order chi connectivity index (χ1) is 10.1. The fourth-order valence-electron chi connectivity index (χ4n) is 2.30. The number of esters is 1. The Morgan fingerprint density at radius 1 is 1.23 bits per heavy atom. The van der Waals surface area contributed by atoms with Crippen molar-refractivity contribution in [3.8, 4) is 0 Å². The van der Waals surface area contributed by atoms with Gasteiger partial charge in [-0.3, -0.25) is 9.59 Å². The number of unbranched alkanes of at least 4 members (excludes halogenated alkanes) is 1. The monoisotopic (exact) mass is 327 g/mol. The maximum absolute atomic E-state index is 12.5. The van der Waals surface area contributed by atoms with Gasteiger partial charge in [0.05, 0.1) is 6.61 Å². The molecule has 0 aliphatic heterocycles. The van der Waals surface area contributed by atoms with E-state index in [1.165, 1.54) is 4.57 Å². The second-order valence-electron chi connectivity index (χ2n) is 4.75. The molecule has 0 aliphatic rings. The van der Waals surface area contributed by atoms with Crippen molar-refractivity contribution in [3.05, 3.63) is 50.4 Å². The molecule has 22 heavy (non-hydrogen) atoms. The largest absolute Gasteiger partial charge is 1.00 e. The molecule has 0 spiro atoms. The molecule has 1 aromatic heterocycles. The minimum absolute atomic E-state index is 0. The number of rotatable bonds is 5. The molecule has 1 heterocycles. The Labute approximate surface area is 171 Å². The fourth-order valence-corrected chi connectivity index (χ4v) is 2.30. The summed E-state index contributed by atoms with van der Waals surface area (Å²) in [7, 11) is 0. The minimum Gasteiger partial charge on any atom is -0.476 e. The van der Waals surface area contributed by atoms with Crippen molar-refractivity contribution in [1.82, 2.24) is 4.57 Å². The van der Waals surface area contributed by atoms with Crippen molar-refractivity contribution < 1.29 is 60.9 Å². The van der Waals surface area contributed by atoms with Crippen LogP contribution >= 0.6 is 0 Å². The summed E-state index contributed by atoms with van der Waals surface area (Å²) in [5.41, 5.74) is -0.951. The molecule has 0 atom stereocenters. The summed E-state index contributed by atoms with van der Waals surface area (Å²) in [6, 6.07) is 6.84. The number of benzene rings is 1. The molecule has 2 aromatic rings. The fraction of sp³-hybridized carbons (Fsp3) is 0.375. The zero-order valence-electron chi connectivity index (χ0n) is 13.2. The van der Waals surface area contributed by atoms with Gasteiger partial charge in [-0.2, -0.15) is 0 Å². The average Bonchev–Trinajstić information content (AvgIpc) is 2.47. The first-order valence-corrected chi connectivity index (χ1v) is 7.11. The average molecular weight is 327 g/mol. The first-order valence-electron chi connectivity index (χ1n) is 7.11. The van der Waals surface area contributed by atoms with E-state index in [1.807, 2.05) is 6.92 Å². The molecular weight excluding hydrogens is 309 g/mol. The van der Waals surface area contributed by atoms with Crippen LogP contribution < -0.4 is 62.4 Å². The second kappa shape index (κ2) is 8.84. The number of pyridine rings is 1. The molecule has 0 unspecified atom stereocenters. The van der Waals surface area contributed by atoms with Gasteiger partial charge < -0.3 is 14.1 Å². The molecule has 0 bridgehead atoms. The van der Waals surface area contributed by atoms with E-state index < -0.39 is 22.5 Å². The van der Waals surface area contributed by atoms with Gasteiger partial charge in [0.2, 0.25) is 0 Å². The smallest absolute Gasteiger partial charge is 0.476 e. The van der Waals surface area contributed by atoms with Crippen LogP contribution in [0.4, 0.5) is 0 Å². The van der Waals surface area contributed by atoms with E-state index in [0.29, 0.717) is 17.4 Å². The zero-order chi connectivity index (χ0) is 15.4. The van der Waals surface area contributed by atoms with Crippen LogP contribution in [-0.2, 0) is 11.3 Å². The van der Waals surface area contributed by atoms with Crippen molar-refractivity contribution in [3.63, 3.8) is 0 Å². The molecule has 5 nitrogen and oxygen atoms in total. The van der Waals surface area contributed by atoms with E-state index in [-0.39, 0.29) is 58.0 Å². The van der Waals surface area contributed by atoms with E-state index in [9.17, 15) is 14.4 Å². The van der Waals surface area contributed by atoms with Crippen LogP contribution in [0.5, 0.6) is 0 Å². The molecule has 0 saturated carbocycles. The number of hydrogen-bond donors (Lipinski definition) is 0. The normalized spacial score (nSPS) is 10.3. The first kappa shape index (κ1) is 19.4. The van der Waals surface area contributed by atoms with Crippen LogP contribution in [0.25, 0.3) is 10.9 Å². The Bertz CT molecular complexity index is 776. The third-order valence-corrected chi connectivity index (χ3v) is 3.34. The summed E-state index contributed by atoms with van der Waals surface area (Å²) in [4.78, 5) is 36.8. The number of fused-ring (bicyclic) bond motifs is 1. The third kappa shape index (κ3) is 3.80. The van der Waals surface area contributed by atoms with Crippen LogP contribution in [0.2, 0.25) is 0 Å². The van der Waals surface area contributed by atoms with Gasteiger partial charge in [0.25, 0.3) is 5.97 Å². The topological polar surface area (TPSA) is 65.4 Å². The molecule has 112 valence electrons. The molecule has 0 fully saturated rings. The van der Waals surface area contributed by atoms with Gasteiger partial charge in [-0.15, -0.1) is 11.5 Å². The molecule has 6 heteroatoms. The van der Waals surface area contributed by atoms with Crippen LogP contribution in [0, 0.1) is 0 Å². The Kier molecular flexibility index (Phi) is 7.78. The van der Waals surface area contributed by atoms with Gasteiger partial charge in [0, 0.05) is 17.5 Å². The third-order valence-electron chi connectivity index (χ3n) is 3.34. The molecule has 0 saturated heterocycles. The van der Waals surface area contributed by atoms with Gasteiger partial charge in [0.15, 0.2) is 5.56 Å². The summed E-state index contributed by atoms with van der Waals surface area (Å²) in [6.07, 6.45) is 1.71. The Morgan fingerprint density at radius 2 is 1.91 bits per heavy atom. The molecule has 0 radical (unpaired) electrons. The van der Waals surface area contributed by atoms with E-state index >= 15 is 0 Å². The quantitative estimate of drug-likeness (QED) is 0.404. The van der Waals surface area contributed by atoms with Crippen molar-refractivity contribution in [2.75, 3.05) is 6.61 Å². The Morgan fingerprint density at radius 3 is 2.55 bits per heavy atom. The maximum Gasteiger partial charge on any atom is 1.00 e. The molecule has 1 aromatic carbocycles. The van der Waals surface area contributed by atoms with Gasteiger partial charge >= 0.3 is 51.4 Å². The molecule has 0 aliphatic carbocycles. The molecule has 2 rings (SSSR count). The summed E-state index contributed by atoms with van der Waals surface area (Å²) in [5, 5.41) is 0.372. The predicted octanol–water partition coefficient (Wildman–Crippen LogP) is -0.939. The number of para-hydroxylation sites is 1. The Balaban J connectivity index is 0.00000242. The predicted molar refractivity (Wildman–Crippen MR) is 80.9 cm³/mol. The SMILES string of the molecule is CCCCn1c(=O)[c-](C(=O)OCC)c(=O)c2ccccc21.[K+]. The zero-order valence-corrected chi connectivity index (χ0v) is 16.3. The summed E-state index contributed by atoms with van der Waals surface area (Å²) >= 11 is 0. The molecule has 0 N–H and O–H groups in total. The number of aromatic nitrogens is 1. The minimum atomic E-state index is -0.844. The number of aryl methyl sites for hydroxylation is 1. The number of carbonyl (C=O) groups excluding carboxylic acids is 1. The van der Waals surface area contributed by atoms with Crippen molar-refractivity contribution in [1.29, 1.82) is 0 Å². The van der Waals surface area contributed by atoms with Crippen LogP contribution in [0.3, 0.4) is 0 Å². The van der Waals surface area contributed by atoms with E-state index in [0.717, 1.165) is 12.8 Å². The molecule has 0 amide bonds. The van der Waals surface area contributed by atoms with E-state index in [4.69, 9.17) is 4.74 Å². The van der Waals surface area contributed by atoms with E-state index in [1.54, 1.807) is 31.2 Å².